The first kappa shape index (κ1) is 16.0. The Balaban J connectivity index is 2.66. The molecule has 0 aromatic heterocycles. The molecule has 0 aliphatic carbocycles. The number of carbonyl (C=O) groups excluding carboxylic acids is 2. The van der Waals surface area contributed by atoms with E-state index in [0.29, 0.717) is 19.6 Å². The fourth-order valence-corrected chi connectivity index (χ4v) is 1.90. The van der Waals surface area contributed by atoms with Gasteiger partial charge >= 0.3 is 0 Å². The quantitative estimate of drug-likeness (QED) is 0.714. The number of hydrogen-bond donors (Lipinski definition) is 0. The third kappa shape index (κ3) is 4.88. The van der Waals surface area contributed by atoms with Crippen molar-refractivity contribution in [2.75, 3.05) is 19.6 Å². The van der Waals surface area contributed by atoms with Gasteiger partial charge in [0.1, 0.15) is 6.54 Å². The number of amides is 2. The van der Waals surface area contributed by atoms with Crippen LogP contribution in [0.3, 0.4) is 0 Å². The molecule has 0 heterocycles. The van der Waals surface area contributed by atoms with Gasteiger partial charge in [-0.25, -0.2) is 0 Å². The third-order valence-corrected chi connectivity index (χ3v) is 3.07. The smallest absolute Gasteiger partial charge is 0.242 e. The highest BCUT2D eigenvalue weighted by Crippen LogP contribution is 2.05. The van der Waals surface area contributed by atoms with E-state index in [1.54, 1.807) is 11.0 Å². The van der Waals surface area contributed by atoms with Gasteiger partial charge in [0.15, 0.2) is 0 Å². The van der Waals surface area contributed by atoms with E-state index in [0.717, 1.165) is 5.56 Å². The first-order valence-electron chi connectivity index (χ1n) is 6.76. The molecule has 0 spiro atoms. The van der Waals surface area contributed by atoms with E-state index < -0.39 is 0 Å². The minimum absolute atomic E-state index is 0.0478. The fourth-order valence-electron chi connectivity index (χ4n) is 1.90. The summed E-state index contributed by atoms with van der Waals surface area (Å²) >= 11 is 0. The largest absolute Gasteiger partial charge is 0.337 e. The molecule has 0 aliphatic heterocycles. The minimum atomic E-state index is -0.117. The number of nitrogens with zero attached hydrogens (tertiary/aromatic N) is 2. The van der Waals surface area contributed by atoms with Crippen LogP contribution in [-0.4, -0.2) is 41.2 Å². The van der Waals surface area contributed by atoms with Gasteiger partial charge in [-0.2, -0.15) is 0 Å². The Hall–Kier alpha value is -2.10. The zero-order chi connectivity index (χ0) is 15.0. The van der Waals surface area contributed by atoms with Gasteiger partial charge in [0.05, 0.1) is 0 Å². The molecule has 1 rings (SSSR count). The summed E-state index contributed by atoms with van der Waals surface area (Å²) in [6.07, 6.45) is 1.63. The maximum atomic E-state index is 12.3. The Morgan fingerprint density at radius 2 is 1.85 bits per heavy atom. The molecule has 108 valence electrons. The Kier molecular flexibility index (Phi) is 6.50. The maximum Gasteiger partial charge on any atom is 0.242 e. The molecule has 1 aromatic rings. The number of carbonyl (C=O) groups is 2. The molecule has 0 N–H and O–H groups in total. The van der Waals surface area contributed by atoms with E-state index in [1.165, 1.54) is 11.8 Å². The summed E-state index contributed by atoms with van der Waals surface area (Å²) in [4.78, 5) is 26.9. The SMILES string of the molecule is C=CCN(CC(=O)N(CC)Cc1ccccc1)C(C)=O. The number of hydrogen-bond acceptors (Lipinski definition) is 2. The fraction of sp³-hybridized carbons (Fsp3) is 0.375. The van der Waals surface area contributed by atoms with Crippen LogP contribution >= 0.6 is 0 Å². The van der Waals surface area contributed by atoms with Crippen molar-refractivity contribution in [1.29, 1.82) is 0 Å². The molecule has 4 nitrogen and oxygen atoms in total. The Bertz CT molecular complexity index is 457. The Labute approximate surface area is 120 Å². The molecule has 1 aromatic carbocycles. The van der Waals surface area contributed by atoms with E-state index in [2.05, 4.69) is 6.58 Å². The highest BCUT2D eigenvalue weighted by molar-refractivity contribution is 5.83. The van der Waals surface area contributed by atoms with Crippen LogP contribution in [0.1, 0.15) is 19.4 Å². The first-order valence-corrected chi connectivity index (χ1v) is 6.76. The van der Waals surface area contributed by atoms with Gasteiger partial charge in [0.25, 0.3) is 0 Å². The summed E-state index contributed by atoms with van der Waals surface area (Å²) in [5.74, 6) is -0.164. The molecular formula is C16H22N2O2. The van der Waals surface area contributed by atoms with Gasteiger partial charge in [0, 0.05) is 26.6 Å². The molecule has 0 atom stereocenters. The molecule has 0 bridgehead atoms. The molecule has 0 saturated carbocycles. The number of likely N-dealkylation sites (N-methyl/N-ethyl adjacent to an activating group) is 1. The average Bonchev–Trinajstić information content (AvgIpc) is 2.45. The molecule has 0 fully saturated rings. The van der Waals surface area contributed by atoms with Crippen LogP contribution < -0.4 is 0 Å². The second kappa shape index (κ2) is 8.15. The molecule has 2 amide bonds. The Morgan fingerprint density at radius 1 is 1.20 bits per heavy atom. The lowest BCUT2D eigenvalue weighted by atomic mass is 10.2. The lowest BCUT2D eigenvalue weighted by molar-refractivity contribution is -0.139. The highest BCUT2D eigenvalue weighted by Gasteiger charge is 2.17. The number of benzene rings is 1. The van der Waals surface area contributed by atoms with Crippen LogP contribution in [0.15, 0.2) is 43.0 Å². The summed E-state index contributed by atoms with van der Waals surface area (Å²) in [5, 5.41) is 0. The second-order valence-electron chi connectivity index (χ2n) is 4.58. The monoisotopic (exact) mass is 274 g/mol. The van der Waals surface area contributed by atoms with E-state index in [9.17, 15) is 9.59 Å². The van der Waals surface area contributed by atoms with Crippen LogP contribution in [0, 0.1) is 0 Å². The predicted octanol–water partition coefficient (Wildman–Crippen LogP) is 2.07. The van der Waals surface area contributed by atoms with Crippen LogP contribution in [0.5, 0.6) is 0 Å². The topological polar surface area (TPSA) is 40.6 Å². The van der Waals surface area contributed by atoms with Gasteiger partial charge in [-0.05, 0) is 12.5 Å². The van der Waals surface area contributed by atoms with E-state index in [1.807, 2.05) is 37.3 Å². The van der Waals surface area contributed by atoms with Crippen molar-refractivity contribution in [1.82, 2.24) is 9.80 Å². The van der Waals surface area contributed by atoms with Crippen LogP contribution in [-0.2, 0) is 16.1 Å². The van der Waals surface area contributed by atoms with Gasteiger partial charge in [0.2, 0.25) is 11.8 Å². The van der Waals surface area contributed by atoms with Crippen LogP contribution in [0.4, 0.5) is 0 Å². The zero-order valence-corrected chi connectivity index (χ0v) is 12.2. The lowest BCUT2D eigenvalue weighted by Crippen LogP contribution is -2.41. The summed E-state index contributed by atoms with van der Waals surface area (Å²) < 4.78 is 0. The normalized spacial score (nSPS) is 9.90. The van der Waals surface area contributed by atoms with Crippen molar-refractivity contribution < 1.29 is 9.59 Å². The van der Waals surface area contributed by atoms with E-state index >= 15 is 0 Å². The zero-order valence-electron chi connectivity index (χ0n) is 12.2. The van der Waals surface area contributed by atoms with Crippen molar-refractivity contribution in [2.45, 2.75) is 20.4 Å². The molecular weight excluding hydrogens is 252 g/mol. The van der Waals surface area contributed by atoms with Crippen molar-refractivity contribution in [2.24, 2.45) is 0 Å². The maximum absolute atomic E-state index is 12.3. The van der Waals surface area contributed by atoms with Crippen molar-refractivity contribution in [3.05, 3.63) is 48.6 Å². The summed E-state index contributed by atoms with van der Waals surface area (Å²) in [6, 6.07) is 9.83. The van der Waals surface area contributed by atoms with Gasteiger partial charge in [-0.3, -0.25) is 9.59 Å². The molecule has 0 aliphatic rings. The van der Waals surface area contributed by atoms with Crippen LogP contribution in [0.25, 0.3) is 0 Å². The lowest BCUT2D eigenvalue weighted by Gasteiger charge is -2.25. The van der Waals surface area contributed by atoms with Crippen molar-refractivity contribution >= 4 is 11.8 Å². The van der Waals surface area contributed by atoms with Gasteiger partial charge in [-0.1, -0.05) is 36.4 Å². The third-order valence-electron chi connectivity index (χ3n) is 3.07. The van der Waals surface area contributed by atoms with E-state index in [4.69, 9.17) is 0 Å². The highest BCUT2D eigenvalue weighted by atomic mass is 16.2. The molecule has 4 heteroatoms. The molecule has 0 saturated heterocycles. The average molecular weight is 274 g/mol. The van der Waals surface area contributed by atoms with Gasteiger partial charge < -0.3 is 9.80 Å². The van der Waals surface area contributed by atoms with Crippen molar-refractivity contribution in [3.8, 4) is 0 Å². The summed E-state index contributed by atoms with van der Waals surface area (Å²) in [7, 11) is 0. The van der Waals surface area contributed by atoms with E-state index in [-0.39, 0.29) is 18.4 Å². The van der Waals surface area contributed by atoms with Crippen LogP contribution in [0.2, 0.25) is 0 Å². The molecule has 0 unspecified atom stereocenters. The Morgan fingerprint density at radius 3 is 2.35 bits per heavy atom. The second-order valence-corrected chi connectivity index (χ2v) is 4.58. The molecule has 0 radical (unpaired) electrons. The summed E-state index contributed by atoms with van der Waals surface area (Å²) in [5.41, 5.74) is 1.08. The summed E-state index contributed by atoms with van der Waals surface area (Å²) in [6.45, 7) is 8.68. The number of rotatable bonds is 7. The first-order chi connectivity index (χ1) is 9.58. The van der Waals surface area contributed by atoms with Gasteiger partial charge in [-0.15, -0.1) is 6.58 Å². The standard InChI is InChI=1S/C16H22N2O2/c1-4-11-18(14(3)19)13-16(20)17(5-2)12-15-9-7-6-8-10-15/h4,6-10H,1,5,11-13H2,2-3H3. The van der Waals surface area contributed by atoms with Crippen molar-refractivity contribution in [3.63, 3.8) is 0 Å². The predicted molar refractivity (Wildman–Crippen MR) is 80.0 cm³/mol. The minimum Gasteiger partial charge on any atom is -0.337 e. The molecule has 20 heavy (non-hydrogen) atoms.